The molecule has 0 radical (unpaired) electrons. The van der Waals surface area contributed by atoms with Crippen LogP contribution in [0.3, 0.4) is 0 Å². The summed E-state index contributed by atoms with van der Waals surface area (Å²) >= 11 is 0. The third-order valence-electron chi connectivity index (χ3n) is 5.87. The Morgan fingerprint density at radius 1 is 0.719 bits per heavy atom. The molecule has 2 aromatic carbocycles. The van der Waals surface area contributed by atoms with Crippen molar-refractivity contribution in [3.63, 3.8) is 0 Å². The maximum absolute atomic E-state index is 12.2. The van der Waals surface area contributed by atoms with Gasteiger partial charge in [0.1, 0.15) is 5.75 Å². The number of carbonyl (C=O) groups excluding carboxylic acids is 1. The third-order valence-corrected chi connectivity index (χ3v) is 5.87. The Labute approximate surface area is 196 Å². The summed E-state index contributed by atoms with van der Waals surface area (Å²) in [5.41, 5.74) is 2.18. The monoisotopic (exact) mass is 437 g/mol. The highest BCUT2D eigenvalue weighted by atomic mass is 16.5. The molecule has 2 rings (SSSR count). The average molecular weight is 438 g/mol. The SMILES string of the molecule is CCCCCCCCCCCCCC(=O)Nc1ccc(OCCCc2ccccc2)cc1. The van der Waals surface area contributed by atoms with Crippen molar-refractivity contribution in [2.45, 2.75) is 96.8 Å². The smallest absolute Gasteiger partial charge is 0.224 e. The number of ether oxygens (including phenoxy) is 1. The summed E-state index contributed by atoms with van der Waals surface area (Å²) in [6.45, 7) is 2.96. The molecule has 1 amide bonds. The van der Waals surface area contributed by atoms with Gasteiger partial charge in [-0.1, -0.05) is 101 Å². The molecule has 3 nitrogen and oxygen atoms in total. The van der Waals surface area contributed by atoms with Crippen LogP contribution in [0.4, 0.5) is 5.69 Å². The van der Waals surface area contributed by atoms with Crippen molar-refractivity contribution in [3.05, 3.63) is 60.2 Å². The molecule has 0 fully saturated rings. The van der Waals surface area contributed by atoms with Crippen molar-refractivity contribution in [2.24, 2.45) is 0 Å². The van der Waals surface area contributed by atoms with Crippen molar-refractivity contribution >= 4 is 11.6 Å². The van der Waals surface area contributed by atoms with Crippen LogP contribution in [0, 0.1) is 0 Å². The fraction of sp³-hybridized carbons (Fsp3) is 0.552. The normalized spacial score (nSPS) is 10.8. The summed E-state index contributed by atoms with van der Waals surface area (Å²) < 4.78 is 5.82. The first-order valence-electron chi connectivity index (χ1n) is 12.8. The standard InChI is InChI=1S/C29H43NO2/c1-2-3-4-5-6-7-8-9-10-11-15-20-29(31)30-27-21-23-28(24-22-27)32-25-16-19-26-17-13-12-14-18-26/h12-14,17-18,21-24H,2-11,15-16,19-20,25H2,1H3,(H,30,31). The van der Waals surface area contributed by atoms with Crippen LogP contribution in [0.5, 0.6) is 5.75 Å². The molecule has 0 aliphatic rings. The number of anilines is 1. The summed E-state index contributed by atoms with van der Waals surface area (Å²) in [7, 11) is 0. The van der Waals surface area contributed by atoms with Gasteiger partial charge in [0.05, 0.1) is 6.61 Å². The molecule has 0 heterocycles. The number of unbranched alkanes of at least 4 members (excludes halogenated alkanes) is 10. The molecule has 0 bridgehead atoms. The minimum absolute atomic E-state index is 0.109. The molecule has 0 aliphatic heterocycles. The summed E-state index contributed by atoms with van der Waals surface area (Å²) in [6, 6.07) is 18.2. The van der Waals surface area contributed by atoms with Gasteiger partial charge in [-0.25, -0.2) is 0 Å². The van der Waals surface area contributed by atoms with Crippen LogP contribution in [0.25, 0.3) is 0 Å². The van der Waals surface area contributed by atoms with Gasteiger partial charge in [0.25, 0.3) is 0 Å². The van der Waals surface area contributed by atoms with E-state index >= 15 is 0 Å². The quantitative estimate of drug-likeness (QED) is 0.238. The Balaban J connectivity index is 1.47. The maximum Gasteiger partial charge on any atom is 0.224 e. The van der Waals surface area contributed by atoms with E-state index in [0.717, 1.165) is 37.1 Å². The summed E-state index contributed by atoms with van der Waals surface area (Å²) in [4.78, 5) is 12.2. The number of hydrogen-bond donors (Lipinski definition) is 1. The van der Waals surface area contributed by atoms with Crippen LogP contribution in [0.15, 0.2) is 54.6 Å². The van der Waals surface area contributed by atoms with E-state index in [1.54, 1.807) is 0 Å². The summed E-state index contributed by atoms with van der Waals surface area (Å²) in [6.07, 6.45) is 16.9. The minimum Gasteiger partial charge on any atom is -0.494 e. The van der Waals surface area contributed by atoms with Gasteiger partial charge in [-0.05, 0) is 49.1 Å². The zero-order valence-electron chi connectivity index (χ0n) is 20.1. The third kappa shape index (κ3) is 12.5. The number of aryl methyl sites for hydroxylation is 1. The second-order valence-corrected chi connectivity index (χ2v) is 8.80. The first-order valence-corrected chi connectivity index (χ1v) is 12.8. The zero-order valence-corrected chi connectivity index (χ0v) is 20.1. The van der Waals surface area contributed by atoms with Gasteiger partial charge in [-0.3, -0.25) is 4.79 Å². The Morgan fingerprint density at radius 2 is 1.31 bits per heavy atom. The second kappa shape index (κ2) is 17.3. The van der Waals surface area contributed by atoms with E-state index < -0.39 is 0 Å². The van der Waals surface area contributed by atoms with Crippen LogP contribution in [0.2, 0.25) is 0 Å². The first kappa shape index (κ1) is 26.0. The van der Waals surface area contributed by atoms with Gasteiger partial charge in [0, 0.05) is 12.1 Å². The molecular formula is C29H43NO2. The molecule has 0 aliphatic carbocycles. The summed E-state index contributed by atoms with van der Waals surface area (Å²) in [5.74, 6) is 0.957. The molecule has 0 atom stereocenters. The molecule has 2 aromatic rings. The lowest BCUT2D eigenvalue weighted by Gasteiger charge is -2.09. The average Bonchev–Trinajstić information content (AvgIpc) is 2.82. The topological polar surface area (TPSA) is 38.3 Å². The molecule has 176 valence electrons. The van der Waals surface area contributed by atoms with E-state index in [1.807, 2.05) is 30.3 Å². The molecule has 0 saturated carbocycles. The van der Waals surface area contributed by atoms with Gasteiger partial charge < -0.3 is 10.1 Å². The Hall–Kier alpha value is -2.29. The number of nitrogens with one attached hydrogen (secondary N) is 1. The number of rotatable bonds is 18. The second-order valence-electron chi connectivity index (χ2n) is 8.80. The lowest BCUT2D eigenvalue weighted by atomic mass is 10.1. The molecule has 0 spiro atoms. The molecular weight excluding hydrogens is 394 g/mol. The highest BCUT2D eigenvalue weighted by Crippen LogP contribution is 2.17. The van der Waals surface area contributed by atoms with E-state index in [4.69, 9.17) is 4.74 Å². The van der Waals surface area contributed by atoms with Crippen LogP contribution in [-0.2, 0) is 11.2 Å². The zero-order chi connectivity index (χ0) is 22.7. The molecule has 1 N–H and O–H groups in total. The van der Waals surface area contributed by atoms with E-state index in [1.165, 1.54) is 63.4 Å². The van der Waals surface area contributed by atoms with Crippen LogP contribution in [0.1, 0.15) is 96.0 Å². The number of amides is 1. The molecule has 0 unspecified atom stereocenters. The van der Waals surface area contributed by atoms with Gasteiger partial charge in [0.15, 0.2) is 0 Å². The van der Waals surface area contributed by atoms with Gasteiger partial charge in [0.2, 0.25) is 5.91 Å². The van der Waals surface area contributed by atoms with Gasteiger partial charge in [-0.2, -0.15) is 0 Å². The lowest BCUT2D eigenvalue weighted by molar-refractivity contribution is -0.116. The van der Waals surface area contributed by atoms with Crippen molar-refractivity contribution in [1.29, 1.82) is 0 Å². The minimum atomic E-state index is 0.109. The van der Waals surface area contributed by atoms with E-state index in [0.29, 0.717) is 13.0 Å². The van der Waals surface area contributed by atoms with E-state index in [9.17, 15) is 4.79 Å². The van der Waals surface area contributed by atoms with E-state index in [-0.39, 0.29) is 5.91 Å². The molecule has 32 heavy (non-hydrogen) atoms. The van der Waals surface area contributed by atoms with Crippen molar-refractivity contribution in [2.75, 3.05) is 11.9 Å². The number of hydrogen-bond acceptors (Lipinski definition) is 2. The number of benzene rings is 2. The highest BCUT2D eigenvalue weighted by Gasteiger charge is 2.03. The van der Waals surface area contributed by atoms with Crippen LogP contribution in [-0.4, -0.2) is 12.5 Å². The fourth-order valence-electron chi connectivity index (χ4n) is 3.92. The van der Waals surface area contributed by atoms with E-state index in [2.05, 4.69) is 36.5 Å². The predicted octanol–water partition coefficient (Wildman–Crippen LogP) is 8.34. The maximum atomic E-state index is 12.2. The van der Waals surface area contributed by atoms with Crippen LogP contribution < -0.4 is 10.1 Å². The largest absolute Gasteiger partial charge is 0.494 e. The fourth-order valence-corrected chi connectivity index (χ4v) is 3.92. The molecule has 0 aromatic heterocycles. The predicted molar refractivity (Wildman–Crippen MR) is 136 cm³/mol. The Kier molecular flexibility index (Phi) is 14.0. The highest BCUT2D eigenvalue weighted by molar-refractivity contribution is 5.90. The van der Waals surface area contributed by atoms with Crippen molar-refractivity contribution < 1.29 is 9.53 Å². The molecule has 0 saturated heterocycles. The van der Waals surface area contributed by atoms with Gasteiger partial charge in [-0.15, -0.1) is 0 Å². The first-order chi connectivity index (χ1) is 15.8. The summed E-state index contributed by atoms with van der Waals surface area (Å²) in [5, 5.41) is 3.00. The van der Waals surface area contributed by atoms with Crippen molar-refractivity contribution in [3.8, 4) is 5.75 Å². The Bertz CT molecular complexity index is 712. The number of carbonyl (C=O) groups is 1. The molecule has 3 heteroatoms. The Morgan fingerprint density at radius 3 is 1.94 bits per heavy atom. The van der Waals surface area contributed by atoms with Crippen LogP contribution >= 0.6 is 0 Å². The van der Waals surface area contributed by atoms with Crippen molar-refractivity contribution in [1.82, 2.24) is 0 Å². The lowest BCUT2D eigenvalue weighted by Crippen LogP contribution is -2.11. The van der Waals surface area contributed by atoms with Gasteiger partial charge >= 0.3 is 0 Å².